The van der Waals surface area contributed by atoms with Crippen LogP contribution in [-0.4, -0.2) is 29.4 Å². The van der Waals surface area contributed by atoms with Crippen molar-refractivity contribution in [2.75, 3.05) is 6.79 Å². The number of hydrogen-bond acceptors (Lipinski definition) is 5. The normalized spacial score (nSPS) is 12.7. The summed E-state index contributed by atoms with van der Waals surface area (Å²) in [5.41, 5.74) is 4.40. The van der Waals surface area contributed by atoms with E-state index in [1.807, 2.05) is 36.0 Å². The molecule has 0 unspecified atom stereocenters. The number of nitrogens with zero attached hydrogens (tertiary/aromatic N) is 2. The van der Waals surface area contributed by atoms with Crippen molar-refractivity contribution in [1.82, 2.24) is 15.3 Å². The fourth-order valence-corrected chi connectivity index (χ4v) is 2.94. The van der Waals surface area contributed by atoms with Crippen LogP contribution in [0.4, 0.5) is 0 Å². The largest absolute Gasteiger partial charge is 0.454 e. The second-order valence-corrected chi connectivity index (χ2v) is 6.73. The average Bonchev–Trinajstić information content (AvgIpc) is 3.42. The first-order valence-corrected chi connectivity index (χ1v) is 9.52. The summed E-state index contributed by atoms with van der Waals surface area (Å²) in [6.45, 7) is 0.147. The van der Waals surface area contributed by atoms with Crippen molar-refractivity contribution in [1.29, 1.82) is 0 Å². The molecule has 0 atom stereocenters. The van der Waals surface area contributed by atoms with Crippen LogP contribution in [0.25, 0.3) is 6.08 Å². The van der Waals surface area contributed by atoms with Crippen molar-refractivity contribution in [2.45, 2.75) is 0 Å². The van der Waals surface area contributed by atoms with Gasteiger partial charge in [0.1, 0.15) is 5.70 Å². The smallest absolute Gasteiger partial charge is 0.287 e. The number of fused-ring (bicyclic) bond motifs is 1. The number of rotatable bonds is 6. The van der Waals surface area contributed by atoms with Crippen LogP contribution in [-0.2, 0) is 11.8 Å². The molecule has 0 bridgehead atoms. The van der Waals surface area contributed by atoms with Crippen LogP contribution in [0.2, 0.25) is 0 Å². The number of ether oxygens (including phenoxy) is 2. The summed E-state index contributed by atoms with van der Waals surface area (Å²) < 4.78 is 12.6. The molecule has 8 heteroatoms. The number of hydrogen-bond donors (Lipinski definition) is 2. The first-order valence-electron chi connectivity index (χ1n) is 9.52. The summed E-state index contributed by atoms with van der Waals surface area (Å²) in [6.07, 6.45) is 4.94. The van der Waals surface area contributed by atoms with Gasteiger partial charge in [0.15, 0.2) is 11.5 Å². The lowest BCUT2D eigenvalue weighted by Crippen LogP contribution is -2.32. The molecule has 0 saturated carbocycles. The molecule has 2 heterocycles. The standard InChI is InChI=1S/C23H20N4O4/c1-27-11-5-8-18(27)14-24-26-23(29)19(25-22(28)17-6-3-2-4-7-17)12-16-9-10-20-21(13-16)31-15-30-20/h2-14H,15H2,1H3,(H,25,28)(H,26,29)/b19-12-,24-14-. The molecular weight excluding hydrogens is 396 g/mol. The lowest BCUT2D eigenvalue weighted by atomic mass is 10.1. The first-order chi connectivity index (χ1) is 15.1. The van der Waals surface area contributed by atoms with Gasteiger partial charge in [-0.05, 0) is 48.0 Å². The van der Waals surface area contributed by atoms with Gasteiger partial charge >= 0.3 is 0 Å². The maximum atomic E-state index is 12.8. The topological polar surface area (TPSA) is 94.0 Å². The lowest BCUT2D eigenvalue weighted by Gasteiger charge is -2.09. The van der Waals surface area contributed by atoms with E-state index >= 15 is 0 Å². The Morgan fingerprint density at radius 1 is 1.03 bits per heavy atom. The molecule has 0 radical (unpaired) electrons. The molecule has 3 aromatic rings. The molecule has 2 N–H and O–H groups in total. The Hall–Kier alpha value is -4.33. The molecule has 0 aliphatic carbocycles. The Labute approximate surface area is 178 Å². The minimum atomic E-state index is -0.563. The van der Waals surface area contributed by atoms with Crippen LogP contribution in [0.5, 0.6) is 11.5 Å². The van der Waals surface area contributed by atoms with Crippen LogP contribution in [0.3, 0.4) is 0 Å². The Morgan fingerprint density at radius 3 is 2.61 bits per heavy atom. The molecule has 1 aromatic heterocycles. The van der Waals surface area contributed by atoms with E-state index in [0.717, 1.165) is 5.69 Å². The third-order valence-corrected chi connectivity index (χ3v) is 4.58. The number of hydrazone groups is 1. The monoisotopic (exact) mass is 416 g/mol. The molecule has 0 spiro atoms. The fourth-order valence-electron chi connectivity index (χ4n) is 2.94. The van der Waals surface area contributed by atoms with Crippen LogP contribution >= 0.6 is 0 Å². The first kappa shape index (κ1) is 20.0. The van der Waals surface area contributed by atoms with E-state index in [2.05, 4.69) is 15.8 Å². The highest BCUT2D eigenvalue weighted by Gasteiger charge is 2.16. The lowest BCUT2D eigenvalue weighted by molar-refractivity contribution is -0.117. The van der Waals surface area contributed by atoms with E-state index in [9.17, 15) is 9.59 Å². The molecule has 8 nitrogen and oxygen atoms in total. The van der Waals surface area contributed by atoms with Crippen molar-refractivity contribution in [3.8, 4) is 11.5 Å². The van der Waals surface area contributed by atoms with Crippen molar-refractivity contribution in [3.63, 3.8) is 0 Å². The predicted molar refractivity (Wildman–Crippen MR) is 116 cm³/mol. The average molecular weight is 416 g/mol. The SMILES string of the molecule is Cn1cccc1/C=N\NC(=O)/C(=C/c1ccc2c(c1)OCO2)NC(=O)c1ccccc1. The number of benzene rings is 2. The van der Waals surface area contributed by atoms with Gasteiger partial charge in [-0.25, -0.2) is 5.43 Å². The number of amides is 2. The Balaban J connectivity index is 1.57. The number of carbonyl (C=O) groups is 2. The van der Waals surface area contributed by atoms with Crippen molar-refractivity contribution in [3.05, 3.63) is 89.4 Å². The summed E-state index contributed by atoms with van der Waals surface area (Å²) in [6, 6.07) is 17.6. The molecule has 31 heavy (non-hydrogen) atoms. The van der Waals surface area contributed by atoms with Crippen LogP contribution < -0.4 is 20.2 Å². The third-order valence-electron chi connectivity index (χ3n) is 4.58. The van der Waals surface area contributed by atoms with E-state index in [1.54, 1.807) is 48.5 Å². The fraction of sp³-hybridized carbons (Fsp3) is 0.0870. The van der Waals surface area contributed by atoms with Crippen LogP contribution in [0, 0.1) is 0 Å². The Bertz CT molecular complexity index is 1170. The summed E-state index contributed by atoms with van der Waals surface area (Å²) in [4.78, 5) is 25.4. The third kappa shape index (κ3) is 4.81. The van der Waals surface area contributed by atoms with Gasteiger partial charge in [0.2, 0.25) is 6.79 Å². The molecule has 0 fully saturated rings. The van der Waals surface area contributed by atoms with Gasteiger partial charge in [0.25, 0.3) is 11.8 Å². The summed E-state index contributed by atoms with van der Waals surface area (Å²) >= 11 is 0. The summed E-state index contributed by atoms with van der Waals surface area (Å²) in [7, 11) is 1.87. The molecule has 1 aliphatic heterocycles. The van der Waals surface area contributed by atoms with E-state index in [-0.39, 0.29) is 12.5 Å². The molecule has 2 amide bonds. The second-order valence-electron chi connectivity index (χ2n) is 6.73. The zero-order valence-corrected chi connectivity index (χ0v) is 16.7. The van der Waals surface area contributed by atoms with Crippen molar-refractivity contribution in [2.24, 2.45) is 12.1 Å². The maximum Gasteiger partial charge on any atom is 0.287 e. The predicted octanol–water partition coefficient (Wildman–Crippen LogP) is 2.68. The van der Waals surface area contributed by atoms with Crippen molar-refractivity contribution >= 4 is 24.1 Å². The number of aromatic nitrogens is 1. The van der Waals surface area contributed by atoms with E-state index in [0.29, 0.717) is 22.6 Å². The minimum absolute atomic E-state index is 0.0387. The van der Waals surface area contributed by atoms with Crippen molar-refractivity contribution < 1.29 is 19.1 Å². The van der Waals surface area contributed by atoms with Gasteiger partial charge in [0, 0.05) is 18.8 Å². The Morgan fingerprint density at radius 2 is 1.84 bits per heavy atom. The summed E-state index contributed by atoms with van der Waals surface area (Å²) in [5.74, 6) is 0.231. The molecule has 1 aliphatic rings. The van der Waals surface area contributed by atoms with E-state index < -0.39 is 11.8 Å². The highest BCUT2D eigenvalue weighted by molar-refractivity contribution is 6.05. The molecule has 4 rings (SSSR count). The van der Waals surface area contributed by atoms with Crippen LogP contribution in [0.1, 0.15) is 21.6 Å². The number of aryl methyl sites for hydroxylation is 1. The van der Waals surface area contributed by atoms with E-state index in [1.165, 1.54) is 6.21 Å². The van der Waals surface area contributed by atoms with E-state index in [4.69, 9.17) is 9.47 Å². The highest BCUT2D eigenvalue weighted by Crippen LogP contribution is 2.33. The van der Waals surface area contributed by atoms with Crippen LogP contribution in [0.15, 0.2) is 77.7 Å². The summed E-state index contributed by atoms with van der Waals surface area (Å²) in [5, 5.41) is 6.66. The second kappa shape index (κ2) is 9.00. The van der Waals surface area contributed by atoms with Gasteiger partial charge in [-0.1, -0.05) is 24.3 Å². The van der Waals surface area contributed by atoms with Gasteiger partial charge < -0.3 is 19.4 Å². The van der Waals surface area contributed by atoms with Gasteiger partial charge in [-0.15, -0.1) is 0 Å². The molecule has 0 saturated heterocycles. The van der Waals surface area contributed by atoms with Gasteiger partial charge in [0.05, 0.1) is 11.9 Å². The van der Waals surface area contributed by atoms with Gasteiger partial charge in [-0.3, -0.25) is 9.59 Å². The molecule has 2 aromatic carbocycles. The molecular formula is C23H20N4O4. The zero-order chi connectivity index (χ0) is 21.6. The highest BCUT2D eigenvalue weighted by atomic mass is 16.7. The number of carbonyl (C=O) groups excluding carboxylic acids is 2. The van der Waals surface area contributed by atoms with Gasteiger partial charge in [-0.2, -0.15) is 5.10 Å². The Kier molecular flexibility index (Phi) is 5.79. The molecule has 156 valence electrons. The number of nitrogens with one attached hydrogen (secondary N) is 2. The zero-order valence-electron chi connectivity index (χ0n) is 16.7. The minimum Gasteiger partial charge on any atom is -0.454 e. The maximum absolute atomic E-state index is 12.8. The quantitative estimate of drug-likeness (QED) is 0.367.